The molecule has 0 saturated carbocycles. The number of carbonyl (C=O) groups excluding carboxylic acids is 1. The first kappa shape index (κ1) is 18.3. The van der Waals surface area contributed by atoms with Crippen LogP contribution in [0, 0.1) is 0 Å². The number of carbonyl (C=O) groups is 1. The molecule has 0 spiro atoms. The van der Waals surface area contributed by atoms with E-state index >= 15 is 0 Å². The van der Waals surface area contributed by atoms with Crippen LogP contribution < -0.4 is 10.6 Å². The van der Waals surface area contributed by atoms with E-state index < -0.39 is 0 Å². The number of amides is 1. The highest BCUT2D eigenvalue weighted by Gasteiger charge is 2.24. The lowest BCUT2D eigenvalue weighted by atomic mass is 9.94. The van der Waals surface area contributed by atoms with E-state index in [0.717, 1.165) is 52.5 Å². The van der Waals surface area contributed by atoms with Gasteiger partial charge in [-0.2, -0.15) is 0 Å². The number of aryl methyl sites for hydroxylation is 1. The number of thiazole rings is 1. The number of hydrogen-bond acceptors (Lipinski definition) is 5. The van der Waals surface area contributed by atoms with Crippen LogP contribution in [-0.4, -0.2) is 23.2 Å². The van der Waals surface area contributed by atoms with Gasteiger partial charge >= 0.3 is 0 Å². The van der Waals surface area contributed by atoms with Crippen molar-refractivity contribution in [1.82, 2.24) is 4.98 Å². The van der Waals surface area contributed by atoms with Crippen LogP contribution in [-0.2, 0) is 17.6 Å². The first-order chi connectivity index (χ1) is 13.2. The summed E-state index contributed by atoms with van der Waals surface area (Å²) >= 11 is 3.13. The van der Waals surface area contributed by atoms with Crippen LogP contribution in [0.2, 0.25) is 0 Å². The van der Waals surface area contributed by atoms with Crippen LogP contribution in [0.3, 0.4) is 0 Å². The maximum atomic E-state index is 12.9. The van der Waals surface area contributed by atoms with E-state index in [4.69, 9.17) is 5.73 Å². The molecule has 27 heavy (non-hydrogen) atoms. The summed E-state index contributed by atoms with van der Waals surface area (Å²) in [5.74, 6) is 0.570. The molecule has 0 bridgehead atoms. The van der Waals surface area contributed by atoms with Crippen LogP contribution in [0.4, 0.5) is 11.4 Å². The van der Waals surface area contributed by atoms with Gasteiger partial charge in [-0.05, 0) is 54.7 Å². The van der Waals surface area contributed by atoms with Crippen LogP contribution in [0.1, 0.15) is 30.9 Å². The Hall–Kier alpha value is -2.05. The molecule has 140 valence electrons. The number of nitrogens with two attached hydrogens (primary N) is 1. The highest BCUT2D eigenvalue weighted by molar-refractivity contribution is 8.01. The number of fused-ring (bicyclic) bond motifs is 2. The predicted molar refractivity (Wildman–Crippen MR) is 116 cm³/mol. The highest BCUT2D eigenvalue weighted by Crippen LogP contribution is 2.33. The Morgan fingerprint density at radius 2 is 2.22 bits per heavy atom. The molecule has 4 rings (SSSR count). The second-order valence-electron chi connectivity index (χ2n) is 6.81. The Balaban J connectivity index is 1.49. The normalized spacial score (nSPS) is 13.7. The van der Waals surface area contributed by atoms with Crippen LogP contribution in [0.15, 0.2) is 40.7 Å². The number of aromatic nitrogens is 1. The van der Waals surface area contributed by atoms with Crippen LogP contribution >= 0.6 is 23.1 Å². The average molecular weight is 398 g/mol. The van der Waals surface area contributed by atoms with Crippen molar-refractivity contribution >= 4 is 50.6 Å². The summed E-state index contributed by atoms with van der Waals surface area (Å²) in [7, 11) is 0. The lowest BCUT2D eigenvalue weighted by Gasteiger charge is -2.31. The largest absolute Gasteiger partial charge is 0.399 e. The van der Waals surface area contributed by atoms with Crippen molar-refractivity contribution in [3.63, 3.8) is 0 Å². The summed E-state index contributed by atoms with van der Waals surface area (Å²) in [5, 5.41) is 0. The third kappa shape index (κ3) is 3.82. The van der Waals surface area contributed by atoms with Gasteiger partial charge in [-0.25, -0.2) is 4.98 Å². The molecule has 2 heterocycles. The van der Waals surface area contributed by atoms with E-state index in [0.29, 0.717) is 11.4 Å². The molecule has 1 aromatic heterocycles. The lowest BCUT2D eigenvalue weighted by molar-refractivity contribution is -0.116. The molecule has 0 fully saturated rings. The van der Waals surface area contributed by atoms with E-state index in [2.05, 4.69) is 30.1 Å². The van der Waals surface area contributed by atoms with Gasteiger partial charge in [0, 0.05) is 17.9 Å². The number of benzene rings is 2. The summed E-state index contributed by atoms with van der Waals surface area (Å²) in [4.78, 5) is 19.5. The summed E-state index contributed by atoms with van der Waals surface area (Å²) in [6, 6.07) is 12.1. The van der Waals surface area contributed by atoms with Crippen molar-refractivity contribution < 1.29 is 4.79 Å². The van der Waals surface area contributed by atoms with Gasteiger partial charge in [0.05, 0.1) is 16.0 Å². The zero-order valence-electron chi connectivity index (χ0n) is 15.4. The van der Waals surface area contributed by atoms with Gasteiger partial charge in [-0.15, -0.1) is 11.3 Å². The summed E-state index contributed by atoms with van der Waals surface area (Å²) in [6.45, 7) is 3.01. The highest BCUT2D eigenvalue weighted by atomic mass is 32.2. The monoisotopic (exact) mass is 397 g/mol. The standard InChI is InChI=1S/C21H23N3OS2/c1-2-5-14-6-3-8-18-16(14)7-4-11-24(18)20(25)13-26-21-23-17-12-15(22)9-10-19(17)27-21/h3,6,8-10,12H,2,4-5,7,11,13,22H2,1H3. The molecule has 0 radical (unpaired) electrons. The average Bonchev–Trinajstić information content (AvgIpc) is 3.08. The van der Waals surface area contributed by atoms with E-state index in [1.165, 1.54) is 22.9 Å². The van der Waals surface area contributed by atoms with E-state index in [1.807, 2.05) is 23.1 Å². The number of nitrogen functional groups attached to an aromatic ring is 1. The first-order valence-electron chi connectivity index (χ1n) is 9.35. The fourth-order valence-corrected chi connectivity index (χ4v) is 5.57. The summed E-state index contributed by atoms with van der Waals surface area (Å²) < 4.78 is 2.02. The zero-order valence-corrected chi connectivity index (χ0v) is 17.0. The molecule has 1 aliphatic heterocycles. The third-order valence-electron chi connectivity index (χ3n) is 4.88. The summed E-state index contributed by atoms with van der Waals surface area (Å²) in [5.41, 5.74) is 11.3. The SMILES string of the molecule is CCCc1cccc2c1CCCN2C(=O)CSc1nc2cc(N)ccc2s1. The number of hydrogen-bond donors (Lipinski definition) is 1. The van der Waals surface area contributed by atoms with Crippen molar-refractivity contribution in [3.8, 4) is 0 Å². The van der Waals surface area contributed by atoms with Gasteiger partial charge in [-0.3, -0.25) is 4.79 Å². The maximum absolute atomic E-state index is 12.9. The Morgan fingerprint density at radius 1 is 1.33 bits per heavy atom. The minimum absolute atomic E-state index is 0.161. The van der Waals surface area contributed by atoms with Crippen molar-refractivity contribution in [2.45, 2.75) is 36.9 Å². The second-order valence-corrected chi connectivity index (χ2v) is 9.06. The first-order valence-corrected chi connectivity index (χ1v) is 11.2. The lowest BCUT2D eigenvalue weighted by Crippen LogP contribution is -2.37. The van der Waals surface area contributed by atoms with Gasteiger partial charge in [0.15, 0.2) is 4.34 Å². The number of rotatable bonds is 5. The quantitative estimate of drug-likeness (QED) is 0.491. The molecule has 0 atom stereocenters. The van der Waals surface area contributed by atoms with Crippen molar-refractivity contribution in [3.05, 3.63) is 47.5 Å². The molecule has 2 aromatic carbocycles. The molecule has 2 N–H and O–H groups in total. The van der Waals surface area contributed by atoms with E-state index in [-0.39, 0.29) is 5.91 Å². The topological polar surface area (TPSA) is 59.2 Å². The molecule has 0 aliphatic carbocycles. The van der Waals surface area contributed by atoms with Crippen LogP contribution in [0.25, 0.3) is 10.2 Å². The molecule has 0 saturated heterocycles. The minimum Gasteiger partial charge on any atom is -0.399 e. The fourth-order valence-electron chi connectivity index (χ4n) is 3.65. The van der Waals surface area contributed by atoms with Gasteiger partial charge in [-0.1, -0.05) is 37.2 Å². The van der Waals surface area contributed by atoms with Gasteiger partial charge in [0.2, 0.25) is 5.91 Å². The molecule has 3 aromatic rings. The van der Waals surface area contributed by atoms with Gasteiger partial charge < -0.3 is 10.6 Å². The molecule has 4 nitrogen and oxygen atoms in total. The molecular formula is C21H23N3OS2. The Labute approximate surface area is 167 Å². The number of thioether (sulfide) groups is 1. The molecular weight excluding hydrogens is 374 g/mol. The molecule has 1 aliphatic rings. The Morgan fingerprint density at radius 3 is 3.07 bits per heavy atom. The van der Waals surface area contributed by atoms with Crippen molar-refractivity contribution in [2.24, 2.45) is 0 Å². The third-order valence-corrected chi connectivity index (χ3v) is 7.04. The van der Waals surface area contributed by atoms with Crippen molar-refractivity contribution in [2.75, 3.05) is 22.9 Å². The van der Waals surface area contributed by atoms with Crippen molar-refractivity contribution in [1.29, 1.82) is 0 Å². The molecule has 0 unspecified atom stereocenters. The fraction of sp³-hybridized carbons (Fsp3) is 0.333. The molecule has 6 heteroatoms. The van der Waals surface area contributed by atoms with Crippen LogP contribution in [0.5, 0.6) is 0 Å². The number of nitrogens with zero attached hydrogens (tertiary/aromatic N) is 2. The molecule has 1 amide bonds. The second kappa shape index (κ2) is 7.90. The maximum Gasteiger partial charge on any atom is 0.237 e. The zero-order chi connectivity index (χ0) is 18.8. The van der Waals surface area contributed by atoms with E-state index in [9.17, 15) is 4.79 Å². The Bertz CT molecular complexity index is 983. The number of anilines is 2. The van der Waals surface area contributed by atoms with Gasteiger partial charge in [0.25, 0.3) is 0 Å². The minimum atomic E-state index is 0.161. The predicted octanol–water partition coefficient (Wildman–Crippen LogP) is 4.90. The van der Waals surface area contributed by atoms with E-state index in [1.54, 1.807) is 11.3 Å². The smallest absolute Gasteiger partial charge is 0.237 e. The summed E-state index contributed by atoms with van der Waals surface area (Å²) in [6.07, 6.45) is 4.31. The Kier molecular flexibility index (Phi) is 5.36. The van der Waals surface area contributed by atoms with Gasteiger partial charge in [0.1, 0.15) is 0 Å².